The summed E-state index contributed by atoms with van der Waals surface area (Å²) in [6.45, 7) is 4.37. The van der Waals surface area contributed by atoms with E-state index in [1.807, 2.05) is 0 Å². The van der Waals surface area contributed by atoms with Gasteiger partial charge in [-0.3, -0.25) is 4.79 Å². The number of benzene rings is 1. The van der Waals surface area contributed by atoms with E-state index in [0.29, 0.717) is 17.6 Å². The Hall–Kier alpha value is -1.71. The van der Waals surface area contributed by atoms with Crippen molar-refractivity contribution in [2.24, 2.45) is 11.8 Å². The zero-order valence-corrected chi connectivity index (χ0v) is 11.6. The van der Waals surface area contributed by atoms with Crippen molar-refractivity contribution in [1.29, 1.82) is 0 Å². The lowest BCUT2D eigenvalue weighted by molar-refractivity contribution is 0.0924. The van der Waals surface area contributed by atoms with Crippen LogP contribution in [0.4, 0.5) is 0 Å². The molecule has 1 aromatic rings. The lowest BCUT2D eigenvalue weighted by Gasteiger charge is -2.20. The highest BCUT2D eigenvalue weighted by Gasteiger charge is 2.31. The SMILES string of the molecule is COc1ccc(O)c(C(=O)NC2CCC(C)C2C)c1. The number of carbonyl (C=O) groups is 1. The molecule has 2 N–H and O–H groups in total. The lowest BCUT2D eigenvalue weighted by Crippen LogP contribution is -2.37. The Kier molecular flexibility index (Phi) is 3.98. The molecule has 4 nitrogen and oxygen atoms in total. The number of nitrogens with one attached hydrogen (secondary N) is 1. The van der Waals surface area contributed by atoms with Crippen LogP contribution in [0.1, 0.15) is 37.0 Å². The van der Waals surface area contributed by atoms with Gasteiger partial charge in [0.05, 0.1) is 12.7 Å². The van der Waals surface area contributed by atoms with Gasteiger partial charge >= 0.3 is 0 Å². The molecule has 2 rings (SSSR count). The second-order valence-corrected chi connectivity index (χ2v) is 5.38. The smallest absolute Gasteiger partial charge is 0.255 e. The van der Waals surface area contributed by atoms with Gasteiger partial charge in [0.15, 0.2) is 0 Å². The second-order valence-electron chi connectivity index (χ2n) is 5.38. The zero-order valence-electron chi connectivity index (χ0n) is 11.6. The minimum Gasteiger partial charge on any atom is -0.507 e. The first-order chi connectivity index (χ1) is 9.02. The molecule has 3 unspecified atom stereocenters. The summed E-state index contributed by atoms with van der Waals surface area (Å²) in [6.07, 6.45) is 2.13. The molecule has 0 saturated heterocycles. The number of hydrogen-bond donors (Lipinski definition) is 2. The fourth-order valence-corrected chi connectivity index (χ4v) is 2.64. The van der Waals surface area contributed by atoms with Crippen LogP contribution in [0.25, 0.3) is 0 Å². The summed E-state index contributed by atoms with van der Waals surface area (Å²) in [5, 5.41) is 12.8. The third kappa shape index (κ3) is 2.83. The third-order valence-electron chi connectivity index (χ3n) is 4.23. The van der Waals surface area contributed by atoms with Crippen molar-refractivity contribution in [3.63, 3.8) is 0 Å². The number of phenolic OH excluding ortho intramolecular Hbond substituents is 1. The maximum atomic E-state index is 12.2. The molecular formula is C15H21NO3. The van der Waals surface area contributed by atoms with Crippen molar-refractivity contribution in [1.82, 2.24) is 5.32 Å². The van der Waals surface area contributed by atoms with Gasteiger partial charge in [0.2, 0.25) is 0 Å². The van der Waals surface area contributed by atoms with Crippen LogP contribution in [-0.2, 0) is 0 Å². The molecular weight excluding hydrogens is 242 g/mol. The van der Waals surface area contributed by atoms with E-state index in [1.165, 1.54) is 13.2 Å². The van der Waals surface area contributed by atoms with Gasteiger partial charge in [-0.2, -0.15) is 0 Å². The van der Waals surface area contributed by atoms with Gasteiger partial charge in [-0.25, -0.2) is 0 Å². The number of methoxy groups -OCH3 is 1. The molecule has 0 aromatic heterocycles. The van der Waals surface area contributed by atoms with E-state index in [4.69, 9.17) is 4.74 Å². The Balaban J connectivity index is 2.12. The molecule has 1 aromatic carbocycles. The number of hydrogen-bond acceptors (Lipinski definition) is 3. The summed E-state index contributed by atoms with van der Waals surface area (Å²) in [5.41, 5.74) is 0.270. The van der Waals surface area contributed by atoms with Gasteiger partial charge in [0.25, 0.3) is 5.91 Å². The molecule has 1 aliphatic rings. The predicted octanol–water partition coefficient (Wildman–Crippen LogP) is 2.57. The van der Waals surface area contributed by atoms with Gasteiger partial charge in [0.1, 0.15) is 11.5 Å². The van der Waals surface area contributed by atoms with Gasteiger partial charge < -0.3 is 15.2 Å². The summed E-state index contributed by atoms with van der Waals surface area (Å²) in [4.78, 5) is 12.2. The first-order valence-corrected chi connectivity index (χ1v) is 6.70. The number of amides is 1. The molecule has 3 atom stereocenters. The van der Waals surface area contributed by atoms with Crippen LogP contribution in [0.2, 0.25) is 0 Å². The van der Waals surface area contributed by atoms with Crippen molar-refractivity contribution in [3.05, 3.63) is 23.8 Å². The van der Waals surface area contributed by atoms with Crippen molar-refractivity contribution >= 4 is 5.91 Å². The molecule has 0 bridgehead atoms. The average molecular weight is 263 g/mol. The summed E-state index contributed by atoms with van der Waals surface area (Å²) < 4.78 is 5.08. The first kappa shape index (κ1) is 13.7. The topological polar surface area (TPSA) is 58.6 Å². The molecule has 0 radical (unpaired) electrons. The molecule has 1 aliphatic carbocycles. The van der Waals surface area contributed by atoms with Crippen LogP contribution >= 0.6 is 0 Å². The van der Waals surface area contributed by atoms with Crippen molar-refractivity contribution in [3.8, 4) is 11.5 Å². The average Bonchev–Trinajstić information content (AvgIpc) is 2.71. The van der Waals surface area contributed by atoms with E-state index in [9.17, 15) is 9.90 Å². The lowest BCUT2D eigenvalue weighted by atomic mass is 9.97. The monoisotopic (exact) mass is 263 g/mol. The highest BCUT2D eigenvalue weighted by atomic mass is 16.5. The summed E-state index contributed by atoms with van der Waals surface area (Å²) in [6, 6.07) is 4.86. The van der Waals surface area contributed by atoms with E-state index in [1.54, 1.807) is 12.1 Å². The van der Waals surface area contributed by atoms with Crippen LogP contribution in [0.3, 0.4) is 0 Å². The number of ether oxygens (including phenoxy) is 1. The van der Waals surface area contributed by atoms with Crippen LogP contribution in [-0.4, -0.2) is 24.2 Å². The molecule has 4 heteroatoms. The Morgan fingerprint density at radius 3 is 2.68 bits per heavy atom. The molecule has 19 heavy (non-hydrogen) atoms. The van der Waals surface area contributed by atoms with E-state index in [0.717, 1.165) is 12.8 Å². The van der Waals surface area contributed by atoms with Crippen LogP contribution in [0.5, 0.6) is 11.5 Å². The normalized spacial score (nSPS) is 26.2. The highest BCUT2D eigenvalue weighted by Crippen LogP contribution is 2.32. The first-order valence-electron chi connectivity index (χ1n) is 6.70. The number of carbonyl (C=O) groups excluding carboxylic acids is 1. The Bertz CT molecular complexity index is 472. The third-order valence-corrected chi connectivity index (χ3v) is 4.23. The van der Waals surface area contributed by atoms with Crippen LogP contribution < -0.4 is 10.1 Å². The van der Waals surface area contributed by atoms with E-state index >= 15 is 0 Å². The highest BCUT2D eigenvalue weighted by molar-refractivity contribution is 5.97. The van der Waals surface area contributed by atoms with Gasteiger partial charge in [-0.1, -0.05) is 13.8 Å². The van der Waals surface area contributed by atoms with E-state index in [-0.39, 0.29) is 23.3 Å². The fraction of sp³-hybridized carbons (Fsp3) is 0.533. The molecule has 0 aliphatic heterocycles. The minimum absolute atomic E-state index is 0.0167. The van der Waals surface area contributed by atoms with Crippen molar-refractivity contribution in [2.45, 2.75) is 32.7 Å². The number of phenols is 1. The summed E-state index contributed by atoms with van der Waals surface area (Å²) in [5.74, 6) is 1.41. The van der Waals surface area contributed by atoms with E-state index in [2.05, 4.69) is 19.2 Å². The largest absolute Gasteiger partial charge is 0.507 e. The maximum Gasteiger partial charge on any atom is 0.255 e. The maximum absolute atomic E-state index is 12.2. The van der Waals surface area contributed by atoms with Gasteiger partial charge in [-0.15, -0.1) is 0 Å². The Morgan fingerprint density at radius 1 is 1.37 bits per heavy atom. The van der Waals surface area contributed by atoms with Gasteiger partial charge in [-0.05, 0) is 42.9 Å². The molecule has 0 heterocycles. The van der Waals surface area contributed by atoms with Crippen LogP contribution in [0, 0.1) is 11.8 Å². The predicted molar refractivity (Wildman–Crippen MR) is 73.5 cm³/mol. The van der Waals surface area contributed by atoms with E-state index < -0.39 is 0 Å². The quantitative estimate of drug-likeness (QED) is 0.881. The fourth-order valence-electron chi connectivity index (χ4n) is 2.64. The van der Waals surface area contributed by atoms with Gasteiger partial charge in [0, 0.05) is 6.04 Å². The van der Waals surface area contributed by atoms with Crippen LogP contribution in [0.15, 0.2) is 18.2 Å². The molecule has 104 valence electrons. The molecule has 1 saturated carbocycles. The molecule has 1 amide bonds. The Morgan fingerprint density at radius 2 is 2.11 bits per heavy atom. The zero-order chi connectivity index (χ0) is 14.0. The Labute approximate surface area is 113 Å². The van der Waals surface area contributed by atoms with Crippen molar-refractivity contribution < 1.29 is 14.6 Å². The summed E-state index contributed by atoms with van der Waals surface area (Å²) in [7, 11) is 1.54. The summed E-state index contributed by atoms with van der Waals surface area (Å²) >= 11 is 0. The minimum atomic E-state index is -0.234. The standard InChI is InChI=1S/C15H21NO3/c1-9-4-6-13(10(9)2)16-15(18)12-8-11(19-3)5-7-14(12)17/h5,7-10,13,17H,4,6H2,1-3H3,(H,16,18). The molecule has 1 fully saturated rings. The molecule has 0 spiro atoms. The number of aromatic hydroxyl groups is 1. The number of rotatable bonds is 3. The van der Waals surface area contributed by atoms with Crippen molar-refractivity contribution in [2.75, 3.05) is 7.11 Å². The second kappa shape index (κ2) is 5.51.